The monoisotopic (exact) mass is 350 g/mol. The molecule has 0 atom stereocenters. The minimum atomic E-state index is -0.530. The van der Waals surface area contributed by atoms with E-state index in [1.54, 1.807) is 6.07 Å². The van der Waals surface area contributed by atoms with Gasteiger partial charge in [0, 0.05) is 6.54 Å². The molecular weight excluding hydrogens is 320 g/mol. The average molecular weight is 350 g/mol. The molecule has 1 aliphatic rings. The van der Waals surface area contributed by atoms with Crippen molar-refractivity contribution >= 4 is 17.7 Å². The normalized spacial score (nSPS) is 12.8. The zero-order chi connectivity index (χ0) is 19.0. The zero-order valence-electron chi connectivity index (χ0n) is 16.1. The Hall–Kier alpha value is -2.24. The van der Waals surface area contributed by atoms with Crippen molar-refractivity contribution in [2.24, 2.45) is 0 Å². The number of aryl methyl sites for hydroxylation is 1. The summed E-state index contributed by atoms with van der Waals surface area (Å²) in [5.74, 6) is 0.495. The number of ether oxygens (including phenoxy) is 2. The molecule has 2 N–H and O–H groups in total. The van der Waals surface area contributed by atoms with E-state index in [1.165, 1.54) is 12.8 Å². The first-order chi connectivity index (χ1) is 11.7. The van der Waals surface area contributed by atoms with Crippen molar-refractivity contribution in [3.63, 3.8) is 0 Å². The van der Waals surface area contributed by atoms with Gasteiger partial charge in [-0.2, -0.15) is 0 Å². The largest absolute Gasteiger partial charge is 0.481 e. The maximum atomic E-state index is 11.6. The van der Waals surface area contributed by atoms with Crippen LogP contribution in [0.15, 0.2) is 12.1 Å². The molecule has 0 fully saturated rings. The molecule has 140 valence electrons. The molecule has 2 rings (SSSR count). The Morgan fingerprint density at radius 1 is 1.28 bits per heavy atom. The molecule has 0 unspecified atom stereocenters. The topological polar surface area (TPSA) is 76.7 Å². The zero-order valence-corrected chi connectivity index (χ0v) is 16.1. The van der Waals surface area contributed by atoms with Gasteiger partial charge in [-0.1, -0.05) is 32.8 Å². The molecule has 2 amide bonds. The number of carbonyl (C=O) groups excluding carboxylic acids is 2. The van der Waals surface area contributed by atoms with Crippen molar-refractivity contribution in [2.45, 2.75) is 66.5 Å². The van der Waals surface area contributed by atoms with Gasteiger partial charge >= 0.3 is 6.09 Å². The van der Waals surface area contributed by atoms with Gasteiger partial charge < -0.3 is 20.1 Å². The van der Waals surface area contributed by atoms with Gasteiger partial charge in [-0.25, -0.2) is 4.79 Å². The number of fused-ring (bicyclic) bond motifs is 1. The Morgan fingerprint density at radius 3 is 2.48 bits per heavy atom. The summed E-state index contributed by atoms with van der Waals surface area (Å²) in [5.41, 5.74) is 1.88. The molecule has 1 aliphatic heterocycles. The highest BCUT2D eigenvalue weighted by atomic mass is 16.6. The van der Waals surface area contributed by atoms with Crippen LogP contribution in [0.1, 0.15) is 58.6 Å². The van der Waals surface area contributed by atoms with E-state index in [-0.39, 0.29) is 12.5 Å². The van der Waals surface area contributed by atoms with Gasteiger partial charge in [-0.15, -0.1) is 0 Å². The van der Waals surface area contributed by atoms with Gasteiger partial charge in [0.1, 0.15) is 11.4 Å². The van der Waals surface area contributed by atoms with Crippen molar-refractivity contribution in [3.8, 4) is 5.75 Å². The molecule has 0 saturated heterocycles. The quantitative estimate of drug-likeness (QED) is 0.858. The lowest BCUT2D eigenvalue weighted by Crippen LogP contribution is -2.32. The minimum absolute atomic E-state index is 0.0311. The van der Waals surface area contributed by atoms with Crippen LogP contribution in [0.25, 0.3) is 0 Å². The number of rotatable bonds is 3. The number of nitrogens with one attached hydrogen (secondary N) is 2. The van der Waals surface area contributed by atoms with Gasteiger partial charge in [0.15, 0.2) is 6.61 Å². The van der Waals surface area contributed by atoms with Gasteiger partial charge in [-0.05, 0) is 44.9 Å². The van der Waals surface area contributed by atoms with Gasteiger partial charge in [0.2, 0.25) is 0 Å². The van der Waals surface area contributed by atoms with Crippen LogP contribution in [-0.2, 0) is 16.1 Å². The first kappa shape index (κ1) is 20.8. The molecule has 0 spiro atoms. The summed E-state index contributed by atoms with van der Waals surface area (Å²) in [6.07, 6.45) is 2.16. The molecule has 1 heterocycles. The minimum Gasteiger partial charge on any atom is -0.481 e. The number of carbonyl (C=O) groups is 2. The SMILES string of the molecule is CCCC.Cc1cc(CNC(=O)OC(C)(C)C)cc2c1OCC(=O)N2. The number of hydrogen-bond acceptors (Lipinski definition) is 4. The van der Waals surface area contributed by atoms with Gasteiger partial charge in [-0.3, -0.25) is 4.79 Å². The molecule has 0 radical (unpaired) electrons. The summed E-state index contributed by atoms with van der Waals surface area (Å²) in [5, 5.41) is 5.45. The van der Waals surface area contributed by atoms with Crippen LogP contribution < -0.4 is 15.4 Å². The fourth-order valence-electron chi connectivity index (χ4n) is 2.05. The Labute approximate surface area is 150 Å². The van der Waals surface area contributed by atoms with Crippen molar-refractivity contribution in [2.75, 3.05) is 11.9 Å². The van der Waals surface area contributed by atoms with Crippen LogP contribution in [0.2, 0.25) is 0 Å². The van der Waals surface area contributed by atoms with E-state index in [0.29, 0.717) is 18.0 Å². The lowest BCUT2D eigenvalue weighted by Gasteiger charge is -2.22. The second-order valence-electron chi connectivity index (χ2n) is 6.98. The molecular formula is C19H30N2O4. The third-order valence-corrected chi connectivity index (χ3v) is 3.29. The lowest BCUT2D eigenvalue weighted by atomic mass is 10.1. The van der Waals surface area contributed by atoms with Crippen molar-refractivity contribution in [1.29, 1.82) is 0 Å². The summed E-state index contributed by atoms with van der Waals surface area (Å²) in [7, 11) is 0. The fourth-order valence-corrected chi connectivity index (χ4v) is 2.05. The van der Waals surface area contributed by atoms with Crippen molar-refractivity contribution in [1.82, 2.24) is 5.32 Å². The number of unbranched alkanes of at least 4 members (excludes halogenated alkanes) is 1. The highest BCUT2D eigenvalue weighted by Gasteiger charge is 2.19. The third-order valence-electron chi connectivity index (χ3n) is 3.29. The second-order valence-corrected chi connectivity index (χ2v) is 6.98. The maximum absolute atomic E-state index is 11.6. The molecule has 6 heteroatoms. The summed E-state index contributed by atoms with van der Waals surface area (Å²) in [6, 6.07) is 3.70. The molecule has 25 heavy (non-hydrogen) atoms. The van der Waals surface area contributed by atoms with Crippen LogP contribution in [0, 0.1) is 6.92 Å². The predicted molar refractivity (Wildman–Crippen MR) is 99.0 cm³/mol. The molecule has 0 aliphatic carbocycles. The Kier molecular flexibility index (Phi) is 7.74. The lowest BCUT2D eigenvalue weighted by molar-refractivity contribution is -0.118. The number of amides is 2. The van der Waals surface area contributed by atoms with Crippen LogP contribution in [0.4, 0.5) is 10.5 Å². The van der Waals surface area contributed by atoms with E-state index in [2.05, 4.69) is 24.5 Å². The van der Waals surface area contributed by atoms with Crippen LogP contribution in [0.3, 0.4) is 0 Å². The van der Waals surface area contributed by atoms with E-state index in [9.17, 15) is 9.59 Å². The third kappa shape index (κ3) is 7.45. The summed E-state index contributed by atoms with van der Waals surface area (Å²) in [6.45, 7) is 12.0. The maximum Gasteiger partial charge on any atom is 0.407 e. The number of anilines is 1. The van der Waals surface area contributed by atoms with Crippen LogP contribution >= 0.6 is 0 Å². The molecule has 6 nitrogen and oxygen atoms in total. The average Bonchev–Trinajstić information content (AvgIpc) is 2.51. The van der Waals surface area contributed by atoms with Crippen LogP contribution in [-0.4, -0.2) is 24.2 Å². The second kappa shape index (κ2) is 9.30. The molecule has 1 aromatic rings. The van der Waals surface area contributed by atoms with E-state index in [4.69, 9.17) is 9.47 Å². The number of benzene rings is 1. The van der Waals surface area contributed by atoms with Crippen molar-refractivity contribution in [3.05, 3.63) is 23.3 Å². The highest BCUT2D eigenvalue weighted by Crippen LogP contribution is 2.32. The first-order valence-electron chi connectivity index (χ1n) is 8.69. The number of hydrogen-bond donors (Lipinski definition) is 2. The Morgan fingerprint density at radius 2 is 1.92 bits per heavy atom. The van der Waals surface area contributed by atoms with Gasteiger partial charge in [0.05, 0.1) is 5.69 Å². The van der Waals surface area contributed by atoms with Crippen molar-refractivity contribution < 1.29 is 19.1 Å². The van der Waals surface area contributed by atoms with Crippen LogP contribution in [0.5, 0.6) is 5.75 Å². The van der Waals surface area contributed by atoms with E-state index in [0.717, 1.165) is 11.1 Å². The smallest absolute Gasteiger partial charge is 0.407 e. The fraction of sp³-hybridized carbons (Fsp3) is 0.579. The number of alkyl carbamates (subject to hydrolysis) is 1. The Bertz CT molecular complexity index is 604. The molecule has 0 aromatic heterocycles. The standard InChI is InChI=1S/C15H20N2O4.C4H10/c1-9-5-10(7-16-14(19)21-15(2,3)4)6-11-13(9)20-8-12(18)17-11;1-3-4-2/h5-6H,7-8H2,1-4H3,(H,16,19)(H,17,18);3-4H2,1-2H3. The highest BCUT2D eigenvalue weighted by molar-refractivity contribution is 5.95. The van der Waals surface area contributed by atoms with Gasteiger partial charge in [0.25, 0.3) is 5.91 Å². The Balaban J connectivity index is 0.000000705. The first-order valence-corrected chi connectivity index (χ1v) is 8.69. The van der Waals surface area contributed by atoms with E-state index in [1.807, 2.05) is 33.8 Å². The predicted octanol–water partition coefficient (Wildman–Crippen LogP) is 4.16. The van der Waals surface area contributed by atoms with E-state index < -0.39 is 11.7 Å². The molecule has 1 aromatic carbocycles. The summed E-state index contributed by atoms with van der Waals surface area (Å²) in [4.78, 5) is 23.0. The molecule has 0 saturated carbocycles. The molecule has 0 bridgehead atoms. The summed E-state index contributed by atoms with van der Waals surface area (Å²) < 4.78 is 10.6. The van der Waals surface area contributed by atoms with E-state index >= 15 is 0 Å². The summed E-state index contributed by atoms with van der Waals surface area (Å²) >= 11 is 0.